The first-order chi connectivity index (χ1) is 25.5. The minimum atomic E-state index is 0.0188. The Bertz CT molecular complexity index is 646. The van der Waals surface area contributed by atoms with E-state index in [0.717, 1.165) is 36.3 Å². The summed E-state index contributed by atoms with van der Waals surface area (Å²) in [6.07, 6.45) is 41.7. The van der Waals surface area contributed by atoms with E-state index in [2.05, 4.69) is 59.6 Å². The van der Waals surface area contributed by atoms with Gasteiger partial charge in [0.2, 0.25) is 0 Å². The zero-order valence-corrected chi connectivity index (χ0v) is 38.6. The third-order valence-electron chi connectivity index (χ3n) is 10.4. The van der Waals surface area contributed by atoms with Gasteiger partial charge in [-0.1, -0.05) is 214 Å². The predicted octanol–water partition coefficient (Wildman–Crippen LogP) is 16.4. The van der Waals surface area contributed by atoms with Crippen molar-refractivity contribution < 1.29 is 19.1 Å². The molecule has 0 radical (unpaired) electrons. The van der Waals surface area contributed by atoms with Gasteiger partial charge in [-0.05, 0) is 63.2 Å². The number of alkyl halides is 2. The largest absolute Gasteiger partial charge is 0.465 e. The van der Waals surface area contributed by atoms with E-state index in [1.807, 2.05) is 0 Å². The topological polar surface area (TPSA) is 52.6 Å². The van der Waals surface area contributed by atoms with Crippen LogP contribution in [0.15, 0.2) is 0 Å². The molecule has 0 N–H and O–H groups in total. The Morgan fingerprint density at radius 2 is 0.615 bits per heavy atom. The molecule has 0 aliphatic heterocycles. The fourth-order valence-electron chi connectivity index (χ4n) is 6.77. The predicted molar refractivity (Wildman–Crippen MR) is 236 cm³/mol. The van der Waals surface area contributed by atoms with Gasteiger partial charge >= 0.3 is 11.9 Å². The molecular weight excluding hydrogens is 776 g/mol. The summed E-state index contributed by atoms with van der Waals surface area (Å²) < 4.78 is 11.2. The highest BCUT2D eigenvalue weighted by Crippen LogP contribution is 2.21. The molecule has 0 aromatic carbocycles. The standard InChI is InChI=1S/2C23H45BrO2/c2*1-3-5-7-9-10-14-18-22(17-13-8-6-4-2)21-26-23(25)19-15-11-12-16-20-24/h2*22H,3-21H2,1-2H3. The molecule has 0 rings (SSSR count). The Kier molecular flexibility index (Phi) is 48.9. The van der Waals surface area contributed by atoms with Crippen molar-refractivity contribution in [3.63, 3.8) is 0 Å². The first-order valence-corrected chi connectivity index (χ1v) is 25.2. The van der Waals surface area contributed by atoms with Gasteiger partial charge in [-0.15, -0.1) is 0 Å². The molecule has 0 saturated heterocycles. The summed E-state index contributed by atoms with van der Waals surface area (Å²) in [4.78, 5) is 23.9. The van der Waals surface area contributed by atoms with Gasteiger partial charge in [0, 0.05) is 23.5 Å². The summed E-state index contributed by atoms with van der Waals surface area (Å²) in [5, 5.41) is 2.13. The van der Waals surface area contributed by atoms with E-state index in [9.17, 15) is 9.59 Å². The van der Waals surface area contributed by atoms with E-state index < -0.39 is 0 Å². The molecule has 312 valence electrons. The summed E-state index contributed by atoms with van der Waals surface area (Å²) in [6.45, 7) is 10.4. The second-order valence-electron chi connectivity index (χ2n) is 15.6. The number of carbonyl (C=O) groups is 2. The lowest BCUT2D eigenvalue weighted by Gasteiger charge is -2.17. The van der Waals surface area contributed by atoms with E-state index in [-0.39, 0.29) is 11.9 Å². The van der Waals surface area contributed by atoms with E-state index in [4.69, 9.17) is 9.47 Å². The lowest BCUT2D eigenvalue weighted by atomic mass is 9.95. The highest BCUT2D eigenvalue weighted by molar-refractivity contribution is 9.09. The third kappa shape index (κ3) is 44.3. The second-order valence-corrected chi connectivity index (χ2v) is 17.2. The fourth-order valence-corrected chi connectivity index (χ4v) is 7.56. The monoisotopic (exact) mass is 865 g/mol. The van der Waals surface area contributed by atoms with Gasteiger partial charge in [-0.3, -0.25) is 9.59 Å². The summed E-state index contributed by atoms with van der Waals surface area (Å²) >= 11 is 6.90. The first-order valence-electron chi connectivity index (χ1n) is 22.9. The smallest absolute Gasteiger partial charge is 0.305 e. The minimum Gasteiger partial charge on any atom is -0.465 e. The molecule has 0 amide bonds. The van der Waals surface area contributed by atoms with Crippen LogP contribution >= 0.6 is 31.9 Å². The Morgan fingerprint density at radius 1 is 0.365 bits per heavy atom. The minimum absolute atomic E-state index is 0.0188. The van der Waals surface area contributed by atoms with E-state index in [1.165, 1.54) is 180 Å². The quantitative estimate of drug-likeness (QED) is 0.0350. The van der Waals surface area contributed by atoms with Crippen LogP contribution in [0.25, 0.3) is 0 Å². The molecule has 52 heavy (non-hydrogen) atoms. The van der Waals surface area contributed by atoms with Crippen LogP contribution in [0.5, 0.6) is 0 Å². The number of rotatable bonds is 40. The van der Waals surface area contributed by atoms with Crippen LogP contribution in [0.4, 0.5) is 0 Å². The van der Waals surface area contributed by atoms with Crippen molar-refractivity contribution >= 4 is 43.8 Å². The first kappa shape index (κ1) is 54.0. The van der Waals surface area contributed by atoms with Crippen molar-refractivity contribution in [3.05, 3.63) is 0 Å². The highest BCUT2D eigenvalue weighted by Gasteiger charge is 2.13. The van der Waals surface area contributed by atoms with Gasteiger partial charge in [0.1, 0.15) is 0 Å². The summed E-state index contributed by atoms with van der Waals surface area (Å²) in [5.41, 5.74) is 0. The van der Waals surface area contributed by atoms with Crippen molar-refractivity contribution in [1.82, 2.24) is 0 Å². The van der Waals surface area contributed by atoms with Crippen molar-refractivity contribution in [3.8, 4) is 0 Å². The molecule has 0 aromatic heterocycles. The van der Waals surface area contributed by atoms with Gasteiger partial charge in [-0.25, -0.2) is 0 Å². The van der Waals surface area contributed by atoms with Crippen LogP contribution in [-0.2, 0) is 19.1 Å². The number of hydrogen-bond acceptors (Lipinski definition) is 4. The van der Waals surface area contributed by atoms with Gasteiger partial charge < -0.3 is 9.47 Å². The molecule has 0 aliphatic carbocycles. The molecular formula is C46H90Br2O4. The number of unbranched alkanes of at least 4 members (excludes halogenated alkanes) is 22. The van der Waals surface area contributed by atoms with Gasteiger partial charge in [0.05, 0.1) is 13.2 Å². The zero-order chi connectivity index (χ0) is 38.6. The average molecular weight is 867 g/mol. The average Bonchev–Trinajstić information content (AvgIpc) is 3.15. The van der Waals surface area contributed by atoms with Gasteiger partial charge in [0.25, 0.3) is 0 Å². The normalized spacial score (nSPS) is 12.3. The Balaban J connectivity index is 0. The van der Waals surface area contributed by atoms with Crippen LogP contribution in [-0.4, -0.2) is 35.8 Å². The molecule has 0 saturated carbocycles. The van der Waals surface area contributed by atoms with Crippen molar-refractivity contribution in [2.24, 2.45) is 11.8 Å². The molecule has 0 bridgehead atoms. The van der Waals surface area contributed by atoms with Crippen molar-refractivity contribution in [2.45, 2.75) is 246 Å². The Labute approximate surface area is 342 Å². The maximum Gasteiger partial charge on any atom is 0.305 e. The molecule has 0 heterocycles. The molecule has 2 unspecified atom stereocenters. The van der Waals surface area contributed by atoms with Crippen LogP contribution in [0.3, 0.4) is 0 Å². The van der Waals surface area contributed by atoms with Crippen LogP contribution in [0, 0.1) is 11.8 Å². The third-order valence-corrected chi connectivity index (χ3v) is 11.5. The molecule has 0 spiro atoms. The lowest BCUT2D eigenvalue weighted by Crippen LogP contribution is -2.14. The van der Waals surface area contributed by atoms with Crippen LogP contribution < -0.4 is 0 Å². The number of ether oxygens (including phenoxy) is 2. The number of halogens is 2. The number of carbonyl (C=O) groups excluding carboxylic acids is 2. The van der Waals surface area contributed by atoms with Crippen molar-refractivity contribution in [1.29, 1.82) is 0 Å². The molecule has 2 atom stereocenters. The lowest BCUT2D eigenvalue weighted by molar-refractivity contribution is -0.146. The maximum atomic E-state index is 12.0. The Hall–Kier alpha value is -0.100. The summed E-state index contributed by atoms with van der Waals surface area (Å²) in [6, 6.07) is 0. The highest BCUT2D eigenvalue weighted by atomic mass is 79.9. The van der Waals surface area contributed by atoms with Crippen molar-refractivity contribution in [2.75, 3.05) is 23.9 Å². The SMILES string of the molecule is CCCCCCCCC(CCCCCC)COC(=O)CCCCCCBr.CCCCCCCCC(CCCCCC)COC(=O)CCCCCCBr. The fraction of sp³-hybridized carbons (Fsp3) is 0.957. The zero-order valence-electron chi connectivity index (χ0n) is 35.4. The molecule has 0 fully saturated rings. The van der Waals surface area contributed by atoms with Crippen LogP contribution in [0.2, 0.25) is 0 Å². The molecule has 0 aromatic rings. The van der Waals surface area contributed by atoms with E-state index in [0.29, 0.717) is 37.9 Å². The van der Waals surface area contributed by atoms with Crippen LogP contribution in [0.1, 0.15) is 246 Å². The van der Waals surface area contributed by atoms with E-state index >= 15 is 0 Å². The summed E-state index contributed by atoms with van der Waals surface area (Å²) in [7, 11) is 0. The molecule has 6 heteroatoms. The molecule has 4 nitrogen and oxygen atoms in total. The van der Waals surface area contributed by atoms with E-state index in [1.54, 1.807) is 0 Å². The maximum absolute atomic E-state index is 12.0. The number of hydrogen-bond donors (Lipinski definition) is 0. The summed E-state index contributed by atoms with van der Waals surface area (Å²) in [5.74, 6) is 1.20. The number of esters is 2. The van der Waals surface area contributed by atoms with Gasteiger partial charge in [0.15, 0.2) is 0 Å². The Morgan fingerprint density at radius 3 is 0.923 bits per heavy atom. The molecule has 0 aliphatic rings. The second kappa shape index (κ2) is 47.1. The van der Waals surface area contributed by atoms with Gasteiger partial charge in [-0.2, -0.15) is 0 Å².